The highest BCUT2D eigenvalue weighted by molar-refractivity contribution is 5.88. The Labute approximate surface area is 93.8 Å². The van der Waals surface area contributed by atoms with E-state index >= 15 is 0 Å². The van der Waals surface area contributed by atoms with Gasteiger partial charge in [-0.05, 0) is 20.8 Å². The van der Waals surface area contributed by atoms with Gasteiger partial charge in [-0.15, -0.1) is 0 Å². The second-order valence-electron chi connectivity index (χ2n) is 4.83. The SMILES string of the molecule is CC(C)(C)OC(=O)N1CC(=O)C[C@H]1C(O)O. The number of carbonyl (C=O) groups excluding carboxylic acids is 2. The van der Waals surface area contributed by atoms with Gasteiger partial charge in [0.1, 0.15) is 5.60 Å². The zero-order valence-electron chi connectivity index (χ0n) is 9.64. The van der Waals surface area contributed by atoms with Crippen molar-refractivity contribution in [3.63, 3.8) is 0 Å². The Balaban J connectivity index is 2.71. The molecule has 0 aromatic rings. The van der Waals surface area contributed by atoms with E-state index < -0.39 is 24.0 Å². The van der Waals surface area contributed by atoms with Crippen LogP contribution in [-0.4, -0.2) is 51.5 Å². The molecule has 1 fully saturated rings. The number of hydrogen-bond acceptors (Lipinski definition) is 5. The lowest BCUT2D eigenvalue weighted by molar-refractivity contribution is -0.117. The topological polar surface area (TPSA) is 87.1 Å². The van der Waals surface area contributed by atoms with Gasteiger partial charge in [0.25, 0.3) is 0 Å². The molecule has 6 heteroatoms. The minimum atomic E-state index is -1.72. The van der Waals surface area contributed by atoms with Gasteiger partial charge in [-0.2, -0.15) is 0 Å². The fraction of sp³-hybridized carbons (Fsp3) is 0.800. The van der Waals surface area contributed by atoms with Gasteiger partial charge in [-0.25, -0.2) is 4.79 Å². The predicted molar refractivity (Wildman–Crippen MR) is 54.6 cm³/mol. The number of aliphatic hydroxyl groups excluding tert-OH is 1. The fourth-order valence-corrected chi connectivity index (χ4v) is 1.50. The van der Waals surface area contributed by atoms with Crippen LogP contribution in [0.2, 0.25) is 0 Å². The normalized spacial score (nSPS) is 21.8. The van der Waals surface area contributed by atoms with Crippen LogP contribution in [0.25, 0.3) is 0 Å². The lowest BCUT2D eigenvalue weighted by Crippen LogP contribution is -2.45. The number of Topliss-reactive ketones (excluding diaryl/α,β-unsaturated/α-hetero) is 1. The quantitative estimate of drug-likeness (QED) is 0.614. The zero-order valence-corrected chi connectivity index (χ0v) is 9.64. The molecular formula is C10H17NO5. The van der Waals surface area contributed by atoms with Crippen molar-refractivity contribution in [1.29, 1.82) is 0 Å². The second kappa shape index (κ2) is 4.39. The number of hydrogen-bond donors (Lipinski definition) is 2. The fourth-order valence-electron chi connectivity index (χ4n) is 1.50. The van der Waals surface area contributed by atoms with Crippen LogP contribution >= 0.6 is 0 Å². The Bertz CT molecular complexity index is 294. The summed E-state index contributed by atoms with van der Waals surface area (Å²) in [4.78, 5) is 23.9. The average Bonchev–Trinajstić information content (AvgIpc) is 2.44. The van der Waals surface area contributed by atoms with Gasteiger partial charge in [-0.1, -0.05) is 0 Å². The number of carbonyl (C=O) groups is 2. The van der Waals surface area contributed by atoms with Gasteiger partial charge in [0.05, 0.1) is 12.6 Å². The summed E-state index contributed by atoms with van der Waals surface area (Å²) < 4.78 is 5.06. The maximum absolute atomic E-state index is 11.7. The van der Waals surface area contributed by atoms with Gasteiger partial charge in [0.2, 0.25) is 0 Å². The molecule has 6 nitrogen and oxygen atoms in total. The third-order valence-corrected chi connectivity index (χ3v) is 2.16. The van der Waals surface area contributed by atoms with E-state index in [0.29, 0.717) is 0 Å². The minimum absolute atomic E-state index is 0.0447. The summed E-state index contributed by atoms with van der Waals surface area (Å²) in [6.07, 6.45) is -2.47. The van der Waals surface area contributed by atoms with Crippen molar-refractivity contribution in [3.05, 3.63) is 0 Å². The van der Waals surface area contributed by atoms with Crippen LogP contribution in [0.1, 0.15) is 27.2 Å². The van der Waals surface area contributed by atoms with Crippen LogP contribution in [0, 0.1) is 0 Å². The van der Waals surface area contributed by atoms with Crippen LogP contribution in [0.15, 0.2) is 0 Å². The molecule has 0 bridgehead atoms. The second-order valence-corrected chi connectivity index (χ2v) is 4.83. The van der Waals surface area contributed by atoms with Crippen LogP contribution in [0.3, 0.4) is 0 Å². The Morgan fingerprint density at radius 2 is 2.06 bits per heavy atom. The summed E-state index contributed by atoms with van der Waals surface area (Å²) in [6.45, 7) is 4.98. The Kier molecular flexibility index (Phi) is 3.54. The third kappa shape index (κ3) is 3.18. The molecule has 0 radical (unpaired) electrons. The van der Waals surface area contributed by atoms with E-state index in [0.717, 1.165) is 4.90 Å². The summed E-state index contributed by atoms with van der Waals surface area (Å²) in [7, 11) is 0. The van der Waals surface area contributed by atoms with E-state index in [1.165, 1.54) is 0 Å². The molecule has 0 saturated carbocycles. The predicted octanol–water partition coefficient (Wildman–Crippen LogP) is -0.124. The van der Waals surface area contributed by atoms with Crippen molar-refractivity contribution in [2.75, 3.05) is 6.54 Å². The molecule has 1 aliphatic rings. The van der Waals surface area contributed by atoms with E-state index in [1.54, 1.807) is 20.8 Å². The van der Waals surface area contributed by atoms with Gasteiger partial charge < -0.3 is 14.9 Å². The smallest absolute Gasteiger partial charge is 0.411 e. The first kappa shape index (κ1) is 12.9. The molecule has 0 spiro atoms. The summed E-state index contributed by atoms with van der Waals surface area (Å²) in [5.41, 5.74) is -0.673. The molecule has 0 unspecified atom stereocenters. The first-order valence-corrected chi connectivity index (χ1v) is 5.08. The highest BCUT2D eigenvalue weighted by Crippen LogP contribution is 2.20. The molecule has 0 aromatic heterocycles. The first-order valence-electron chi connectivity index (χ1n) is 5.08. The van der Waals surface area contributed by atoms with Crippen molar-refractivity contribution in [1.82, 2.24) is 4.90 Å². The van der Waals surface area contributed by atoms with E-state index in [4.69, 9.17) is 14.9 Å². The first-order chi connectivity index (χ1) is 7.20. The molecule has 1 rings (SSSR count). The molecule has 1 aliphatic heterocycles. The molecule has 0 aromatic carbocycles. The Morgan fingerprint density at radius 3 is 2.50 bits per heavy atom. The van der Waals surface area contributed by atoms with Crippen molar-refractivity contribution < 1.29 is 24.5 Å². The number of ketones is 1. The van der Waals surface area contributed by atoms with Crippen LogP contribution in [0.5, 0.6) is 0 Å². The van der Waals surface area contributed by atoms with E-state index in [1.807, 2.05) is 0 Å². The summed E-state index contributed by atoms with van der Waals surface area (Å²) in [5, 5.41) is 18.1. The van der Waals surface area contributed by atoms with E-state index in [2.05, 4.69) is 0 Å². The van der Waals surface area contributed by atoms with Gasteiger partial charge in [0.15, 0.2) is 12.1 Å². The average molecular weight is 231 g/mol. The lowest BCUT2D eigenvalue weighted by atomic mass is 10.2. The molecule has 2 N–H and O–H groups in total. The summed E-state index contributed by atoms with van der Waals surface area (Å²) >= 11 is 0. The van der Waals surface area contributed by atoms with Crippen LogP contribution in [-0.2, 0) is 9.53 Å². The molecule has 92 valence electrons. The maximum Gasteiger partial charge on any atom is 0.411 e. The lowest BCUT2D eigenvalue weighted by Gasteiger charge is -2.28. The summed E-state index contributed by atoms with van der Waals surface area (Å²) in [5.74, 6) is -0.205. The summed E-state index contributed by atoms with van der Waals surface area (Å²) in [6, 6.07) is -0.901. The van der Waals surface area contributed by atoms with Gasteiger partial charge >= 0.3 is 6.09 Å². The molecule has 1 atom stereocenters. The van der Waals surface area contributed by atoms with Crippen LogP contribution in [0.4, 0.5) is 4.79 Å². The molecular weight excluding hydrogens is 214 g/mol. The number of likely N-dealkylation sites (tertiary alicyclic amines) is 1. The zero-order chi connectivity index (χ0) is 12.5. The third-order valence-electron chi connectivity index (χ3n) is 2.16. The number of rotatable bonds is 1. The standard InChI is InChI=1S/C10H17NO5/c1-10(2,3)16-9(15)11-5-6(12)4-7(11)8(13)14/h7-8,13-14H,4-5H2,1-3H3/t7-/m0/s1. The van der Waals surface area contributed by atoms with Crippen molar-refractivity contribution in [2.45, 2.75) is 45.1 Å². The van der Waals surface area contributed by atoms with E-state index in [-0.39, 0.29) is 18.7 Å². The number of ether oxygens (including phenoxy) is 1. The Morgan fingerprint density at radius 1 is 1.50 bits per heavy atom. The molecule has 16 heavy (non-hydrogen) atoms. The Hall–Kier alpha value is -1.14. The monoisotopic (exact) mass is 231 g/mol. The highest BCUT2D eigenvalue weighted by atomic mass is 16.6. The van der Waals surface area contributed by atoms with Crippen molar-refractivity contribution in [2.24, 2.45) is 0 Å². The van der Waals surface area contributed by atoms with Crippen molar-refractivity contribution >= 4 is 11.9 Å². The number of nitrogens with zero attached hydrogens (tertiary/aromatic N) is 1. The van der Waals surface area contributed by atoms with Gasteiger partial charge in [0, 0.05) is 6.42 Å². The number of amides is 1. The number of aliphatic hydroxyl groups is 2. The molecule has 1 saturated heterocycles. The molecule has 0 aliphatic carbocycles. The molecule has 1 heterocycles. The highest BCUT2D eigenvalue weighted by Gasteiger charge is 2.39. The van der Waals surface area contributed by atoms with Crippen LogP contribution < -0.4 is 0 Å². The van der Waals surface area contributed by atoms with Gasteiger partial charge in [-0.3, -0.25) is 9.69 Å². The largest absolute Gasteiger partial charge is 0.444 e. The van der Waals surface area contributed by atoms with E-state index in [9.17, 15) is 9.59 Å². The van der Waals surface area contributed by atoms with Crippen molar-refractivity contribution in [3.8, 4) is 0 Å². The minimum Gasteiger partial charge on any atom is -0.444 e. The molecule has 1 amide bonds. The maximum atomic E-state index is 11.7.